The molecule has 0 aromatic carbocycles. The van der Waals surface area contributed by atoms with Gasteiger partial charge in [0.1, 0.15) is 0 Å². The molecule has 1 unspecified atom stereocenters. The number of halogens is 2. The van der Waals surface area contributed by atoms with Crippen molar-refractivity contribution in [1.82, 2.24) is 0 Å². The van der Waals surface area contributed by atoms with E-state index in [0.717, 1.165) is 30.6 Å². The van der Waals surface area contributed by atoms with Gasteiger partial charge < -0.3 is 0 Å². The van der Waals surface area contributed by atoms with Gasteiger partial charge in [-0.05, 0) is 79.9 Å². The molecule has 2 fully saturated rings. The number of hydrogen-bond acceptors (Lipinski definition) is 1. The maximum absolute atomic E-state index is 13.6. The van der Waals surface area contributed by atoms with Gasteiger partial charge in [0.2, 0.25) is 5.78 Å². The van der Waals surface area contributed by atoms with E-state index in [-0.39, 0.29) is 5.92 Å². The Labute approximate surface area is 144 Å². The van der Waals surface area contributed by atoms with Gasteiger partial charge in [0, 0.05) is 0 Å². The van der Waals surface area contributed by atoms with E-state index in [4.69, 9.17) is 0 Å². The lowest BCUT2D eigenvalue weighted by atomic mass is 9.67. The minimum absolute atomic E-state index is 0.231. The monoisotopic (exact) mass is 336 g/mol. The van der Waals surface area contributed by atoms with Gasteiger partial charge >= 0.3 is 0 Å². The first-order chi connectivity index (χ1) is 11.6. The molecule has 0 radical (unpaired) electrons. The first-order valence-electron chi connectivity index (χ1n) is 9.85. The molecule has 3 rings (SSSR count). The second-order valence-corrected chi connectivity index (χ2v) is 8.11. The van der Waals surface area contributed by atoms with Crippen molar-refractivity contribution in [2.75, 3.05) is 0 Å². The predicted molar refractivity (Wildman–Crippen MR) is 93.0 cm³/mol. The Morgan fingerprint density at radius 3 is 2.12 bits per heavy atom. The first kappa shape index (κ1) is 17.8. The minimum Gasteiger partial charge on any atom is -0.288 e. The molecule has 0 bridgehead atoms. The van der Waals surface area contributed by atoms with Crippen molar-refractivity contribution in [2.24, 2.45) is 23.7 Å². The van der Waals surface area contributed by atoms with Gasteiger partial charge in [0.25, 0.3) is 0 Å². The van der Waals surface area contributed by atoms with Gasteiger partial charge in [-0.2, -0.15) is 0 Å². The highest BCUT2D eigenvalue weighted by Gasteiger charge is 2.33. The number of rotatable bonds is 4. The third-order valence-corrected chi connectivity index (χ3v) is 6.62. The number of hydrogen-bond donors (Lipinski definition) is 0. The molecule has 0 N–H and O–H groups in total. The van der Waals surface area contributed by atoms with Crippen LogP contribution in [0.1, 0.15) is 71.1 Å². The van der Waals surface area contributed by atoms with Gasteiger partial charge in [-0.1, -0.05) is 32.6 Å². The van der Waals surface area contributed by atoms with Crippen LogP contribution < -0.4 is 0 Å². The fraction of sp³-hybridized carbons (Fsp3) is 0.762. The van der Waals surface area contributed by atoms with Gasteiger partial charge in [0.15, 0.2) is 12.0 Å². The van der Waals surface area contributed by atoms with Crippen molar-refractivity contribution in [3.8, 4) is 0 Å². The van der Waals surface area contributed by atoms with E-state index in [2.05, 4.69) is 6.92 Å². The first-order valence-corrected chi connectivity index (χ1v) is 9.85. The second-order valence-electron chi connectivity index (χ2n) is 8.11. The number of Topliss-reactive ketones (excluding diaryl/α,β-unsaturated/α-hetero) is 1. The van der Waals surface area contributed by atoms with Gasteiger partial charge in [0.05, 0.1) is 0 Å². The molecule has 24 heavy (non-hydrogen) atoms. The van der Waals surface area contributed by atoms with Crippen molar-refractivity contribution >= 4 is 5.78 Å². The van der Waals surface area contributed by atoms with Crippen LogP contribution in [0, 0.1) is 23.7 Å². The molecule has 1 nitrogen and oxygen atoms in total. The SMILES string of the molecule is CCCC1CCC(C2CCC(C3=CC(F)C(=O)C(F)=C3)CC2)CC1. The average Bonchev–Trinajstić information content (AvgIpc) is 2.60. The Bertz CT molecular complexity index is 506. The highest BCUT2D eigenvalue weighted by Crippen LogP contribution is 2.44. The smallest absolute Gasteiger partial charge is 0.229 e. The fourth-order valence-corrected chi connectivity index (χ4v) is 5.18. The fourth-order valence-electron chi connectivity index (χ4n) is 5.18. The summed E-state index contributed by atoms with van der Waals surface area (Å²) in [7, 11) is 0. The van der Waals surface area contributed by atoms with Crippen LogP contribution in [0.2, 0.25) is 0 Å². The lowest BCUT2D eigenvalue weighted by molar-refractivity contribution is -0.120. The van der Waals surface area contributed by atoms with Crippen molar-refractivity contribution in [1.29, 1.82) is 0 Å². The Kier molecular flexibility index (Phi) is 5.89. The molecule has 0 heterocycles. The summed E-state index contributed by atoms with van der Waals surface area (Å²) in [6.07, 6.45) is 13.4. The van der Waals surface area contributed by atoms with E-state index in [1.807, 2.05) is 0 Å². The largest absolute Gasteiger partial charge is 0.288 e. The molecular weight excluding hydrogens is 306 g/mol. The Balaban J connectivity index is 1.50. The van der Waals surface area contributed by atoms with E-state index >= 15 is 0 Å². The molecule has 3 aliphatic carbocycles. The van der Waals surface area contributed by atoms with Crippen LogP contribution in [-0.4, -0.2) is 12.0 Å². The van der Waals surface area contributed by atoms with Crippen molar-refractivity contribution in [3.63, 3.8) is 0 Å². The number of ketones is 1. The Hall–Kier alpha value is -0.990. The molecule has 0 amide bonds. The standard InChI is InChI=1S/C21H30F2O/c1-2-3-14-4-6-15(7-5-14)16-8-10-17(11-9-16)18-12-19(22)21(24)20(23)13-18/h12-17,19H,2-11H2,1H3. The summed E-state index contributed by atoms with van der Waals surface area (Å²) in [5, 5.41) is 0. The summed E-state index contributed by atoms with van der Waals surface area (Å²) < 4.78 is 27.1. The van der Waals surface area contributed by atoms with E-state index in [0.29, 0.717) is 5.57 Å². The highest BCUT2D eigenvalue weighted by molar-refractivity contribution is 5.99. The summed E-state index contributed by atoms with van der Waals surface area (Å²) >= 11 is 0. The van der Waals surface area contributed by atoms with E-state index in [9.17, 15) is 13.6 Å². The van der Waals surface area contributed by atoms with Crippen molar-refractivity contribution in [3.05, 3.63) is 23.6 Å². The van der Waals surface area contributed by atoms with Crippen molar-refractivity contribution in [2.45, 2.75) is 77.3 Å². The van der Waals surface area contributed by atoms with Crippen LogP contribution in [0.15, 0.2) is 23.6 Å². The third-order valence-electron chi connectivity index (χ3n) is 6.62. The number of carbonyl (C=O) groups excluding carboxylic acids is 1. The van der Waals surface area contributed by atoms with Crippen LogP contribution in [-0.2, 0) is 4.79 Å². The molecule has 134 valence electrons. The Morgan fingerprint density at radius 2 is 1.58 bits per heavy atom. The summed E-state index contributed by atoms with van der Waals surface area (Å²) in [5.74, 6) is 0.913. The zero-order valence-electron chi connectivity index (χ0n) is 14.8. The zero-order valence-corrected chi connectivity index (χ0v) is 14.8. The predicted octanol–water partition coefficient (Wildman–Crippen LogP) is 6.10. The quantitative estimate of drug-likeness (QED) is 0.606. The van der Waals surface area contributed by atoms with E-state index < -0.39 is 17.8 Å². The molecule has 0 spiro atoms. The molecule has 0 aliphatic heterocycles. The zero-order chi connectivity index (χ0) is 17.1. The van der Waals surface area contributed by atoms with Gasteiger partial charge in [-0.15, -0.1) is 0 Å². The maximum Gasteiger partial charge on any atom is 0.229 e. The lowest BCUT2D eigenvalue weighted by Gasteiger charge is -2.38. The van der Waals surface area contributed by atoms with Crippen LogP contribution in [0.4, 0.5) is 8.78 Å². The van der Waals surface area contributed by atoms with Crippen molar-refractivity contribution < 1.29 is 13.6 Å². The summed E-state index contributed by atoms with van der Waals surface area (Å²) in [5.41, 5.74) is 0.713. The second kappa shape index (κ2) is 7.93. The number of carbonyl (C=O) groups is 1. The van der Waals surface area contributed by atoms with Crippen LogP contribution in [0.25, 0.3) is 0 Å². The summed E-state index contributed by atoms with van der Waals surface area (Å²) in [6, 6.07) is 0. The third kappa shape index (κ3) is 3.97. The average molecular weight is 336 g/mol. The molecule has 0 aromatic heterocycles. The lowest BCUT2D eigenvalue weighted by Crippen LogP contribution is -2.27. The molecule has 0 saturated heterocycles. The minimum atomic E-state index is -1.78. The molecule has 1 atom stereocenters. The molecule has 0 aromatic rings. The number of alkyl halides is 1. The maximum atomic E-state index is 13.6. The van der Waals surface area contributed by atoms with Crippen LogP contribution in [0.5, 0.6) is 0 Å². The molecule has 3 heteroatoms. The normalized spacial score (nSPS) is 37.8. The van der Waals surface area contributed by atoms with Crippen LogP contribution >= 0.6 is 0 Å². The topological polar surface area (TPSA) is 17.1 Å². The Morgan fingerprint density at radius 1 is 1.00 bits per heavy atom. The van der Waals surface area contributed by atoms with E-state index in [1.165, 1.54) is 63.5 Å². The van der Waals surface area contributed by atoms with Gasteiger partial charge in [-0.3, -0.25) is 4.79 Å². The molecule has 2 saturated carbocycles. The summed E-state index contributed by atoms with van der Waals surface area (Å²) in [4.78, 5) is 11.2. The van der Waals surface area contributed by atoms with Gasteiger partial charge in [-0.25, -0.2) is 8.78 Å². The molecular formula is C21H30F2O. The van der Waals surface area contributed by atoms with Crippen LogP contribution in [0.3, 0.4) is 0 Å². The number of allylic oxidation sites excluding steroid dienone is 4. The summed E-state index contributed by atoms with van der Waals surface area (Å²) in [6.45, 7) is 2.28. The van der Waals surface area contributed by atoms with E-state index in [1.54, 1.807) is 0 Å². The highest BCUT2D eigenvalue weighted by atomic mass is 19.1. The molecule has 3 aliphatic rings.